The van der Waals surface area contributed by atoms with Crippen molar-refractivity contribution in [2.45, 2.75) is 25.7 Å². The van der Waals surface area contributed by atoms with Crippen LogP contribution in [0.4, 0.5) is 0 Å². The molecule has 6 heteroatoms. The lowest BCUT2D eigenvalue weighted by Gasteiger charge is -2.17. The number of benzene rings is 2. The van der Waals surface area contributed by atoms with E-state index in [0.717, 1.165) is 11.1 Å². The summed E-state index contributed by atoms with van der Waals surface area (Å²) in [5.41, 5.74) is 1.65. The highest BCUT2D eigenvalue weighted by molar-refractivity contribution is 5.84. The molecule has 0 spiro atoms. The molecule has 0 saturated carbocycles. The second kappa shape index (κ2) is 10.2. The van der Waals surface area contributed by atoms with Crippen LogP contribution in [0.3, 0.4) is 0 Å². The van der Waals surface area contributed by atoms with Gasteiger partial charge in [-0.05, 0) is 11.1 Å². The lowest BCUT2D eigenvalue weighted by Crippen LogP contribution is -2.18. The van der Waals surface area contributed by atoms with Crippen LogP contribution in [-0.2, 0) is 27.5 Å². The van der Waals surface area contributed by atoms with E-state index in [9.17, 15) is 15.0 Å². The molecule has 0 radical (unpaired) electrons. The van der Waals surface area contributed by atoms with Gasteiger partial charge in [-0.1, -0.05) is 60.7 Å². The van der Waals surface area contributed by atoms with Gasteiger partial charge in [0.1, 0.15) is 19.0 Å². The van der Waals surface area contributed by atoms with Crippen LogP contribution in [0.15, 0.2) is 72.2 Å². The van der Waals surface area contributed by atoms with Gasteiger partial charge < -0.3 is 24.8 Å². The number of carbonyl (C=O) groups is 1. The Morgan fingerprint density at radius 3 is 1.85 bits per heavy atom. The van der Waals surface area contributed by atoms with Gasteiger partial charge in [-0.2, -0.15) is 0 Å². The number of aliphatic carboxylic acids is 1. The zero-order valence-corrected chi connectivity index (χ0v) is 14.2. The molecule has 2 aromatic carbocycles. The fraction of sp³-hybridized carbons (Fsp3) is 0.250. The molecule has 26 heavy (non-hydrogen) atoms. The van der Waals surface area contributed by atoms with Crippen molar-refractivity contribution in [2.24, 2.45) is 0 Å². The Hall–Kier alpha value is -2.83. The van der Waals surface area contributed by atoms with Gasteiger partial charge in [0.05, 0.1) is 12.7 Å². The van der Waals surface area contributed by atoms with Crippen molar-refractivity contribution in [3.63, 3.8) is 0 Å². The molecule has 2 rings (SSSR count). The van der Waals surface area contributed by atoms with Crippen LogP contribution < -0.4 is 0 Å². The molecule has 0 aliphatic carbocycles. The molecule has 3 N–H and O–H groups in total. The summed E-state index contributed by atoms with van der Waals surface area (Å²) in [6.07, 6.45) is -1.31. The molecule has 0 amide bonds. The van der Waals surface area contributed by atoms with E-state index in [0.29, 0.717) is 0 Å². The highest BCUT2D eigenvalue weighted by atomic mass is 16.5. The van der Waals surface area contributed by atoms with Gasteiger partial charge in [0.15, 0.2) is 0 Å². The minimum Gasteiger partial charge on any atom is -0.489 e. The predicted molar refractivity (Wildman–Crippen MR) is 94.8 cm³/mol. The third-order valence-electron chi connectivity index (χ3n) is 3.56. The molecule has 1 unspecified atom stereocenters. The highest BCUT2D eigenvalue weighted by Crippen LogP contribution is 2.19. The van der Waals surface area contributed by atoms with Crippen LogP contribution in [0.5, 0.6) is 0 Å². The van der Waals surface area contributed by atoms with Crippen molar-refractivity contribution < 1.29 is 29.6 Å². The molecule has 1 atom stereocenters. The van der Waals surface area contributed by atoms with Gasteiger partial charge in [0.25, 0.3) is 0 Å². The van der Waals surface area contributed by atoms with E-state index in [4.69, 9.17) is 14.6 Å². The van der Waals surface area contributed by atoms with Crippen molar-refractivity contribution in [1.29, 1.82) is 0 Å². The van der Waals surface area contributed by atoms with E-state index < -0.39 is 18.7 Å². The van der Waals surface area contributed by atoms with E-state index in [1.54, 1.807) is 0 Å². The molecule has 0 aliphatic rings. The average Bonchev–Trinajstić information content (AvgIpc) is 2.67. The fourth-order valence-corrected chi connectivity index (χ4v) is 2.23. The van der Waals surface area contributed by atoms with Crippen molar-refractivity contribution in [1.82, 2.24) is 0 Å². The molecule has 0 heterocycles. The first-order valence-electron chi connectivity index (χ1n) is 8.19. The SMILES string of the molecule is O=C(O)/C(OCc1ccccc1)=C(\CC(O)CO)OCc1ccccc1. The zero-order valence-electron chi connectivity index (χ0n) is 14.2. The van der Waals surface area contributed by atoms with Crippen molar-refractivity contribution in [3.05, 3.63) is 83.3 Å². The molecular formula is C20H22O6. The Labute approximate surface area is 151 Å². The van der Waals surface area contributed by atoms with Gasteiger partial charge in [-0.15, -0.1) is 0 Å². The van der Waals surface area contributed by atoms with Crippen molar-refractivity contribution >= 4 is 5.97 Å². The van der Waals surface area contributed by atoms with E-state index in [2.05, 4.69) is 0 Å². The summed E-state index contributed by atoms with van der Waals surface area (Å²) in [4.78, 5) is 11.6. The maximum Gasteiger partial charge on any atom is 0.374 e. The standard InChI is InChI=1S/C20H22O6/c21-12-17(22)11-18(25-13-15-7-3-1-4-8-15)19(20(23)24)26-14-16-9-5-2-6-10-16/h1-10,17,21-22H,11-14H2,(H,23,24)/b19-18-. The largest absolute Gasteiger partial charge is 0.489 e. The third-order valence-corrected chi connectivity index (χ3v) is 3.56. The summed E-state index contributed by atoms with van der Waals surface area (Å²) in [5.74, 6) is -1.69. The lowest BCUT2D eigenvalue weighted by molar-refractivity contribution is -0.137. The Bertz CT molecular complexity index is 712. The minimum absolute atomic E-state index is 0.0150. The third kappa shape index (κ3) is 6.23. The van der Waals surface area contributed by atoms with Crippen LogP contribution in [0.1, 0.15) is 17.5 Å². The maximum atomic E-state index is 11.6. The fourth-order valence-electron chi connectivity index (χ4n) is 2.23. The number of hydrogen-bond donors (Lipinski definition) is 3. The molecule has 2 aromatic rings. The Morgan fingerprint density at radius 2 is 1.38 bits per heavy atom. The summed E-state index contributed by atoms with van der Waals surface area (Å²) in [7, 11) is 0. The highest BCUT2D eigenvalue weighted by Gasteiger charge is 2.21. The predicted octanol–water partition coefficient (Wildman–Crippen LogP) is 2.46. The smallest absolute Gasteiger partial charge is 0.374 e. The van der Waals surface area contributed by atoms with Gasteiger partial charge in [-0.25, -0.2) is 4.79 Å². The van der Waals surface area contributed by atoms with E-state index in [-0.39, 0.29) is 31.2 Å². The quantitative estimate of drug-likeness (QED) is 0.446. The van der Waals surface area contributed by atoms with E-state index >= 15 is 0 Å². The second-order valence-corrected chi connectivity index (χ2v) is 5.65. The summed E-state index contributed by atoms with van der Waals surface area (Å²) < 4.78 is 11.1. The minimum atomic E-state index is -1.30. The van der Waals surface area contributed by atoms with Crippen LogP contribution in [0.25, 0.3) is 0 Å². The van der Waals surface area contributed by atoms with Gasteiger partial charge in [-0.3, -0.25) is 0 Å². The molecule has 0 bridgehead atoms. The first kappa shape index (κ1) is 19.5. The Kier molecular flexibility index (Phi) is 7.67. The maximum absolute atomic E-state index is 11.6. The molecule has 0 aromatic heterocycles. The van der Waals surface area contributed by atoms with E-state index in [1.807, 2.05) is 60.7 Å². The zero-order chi connectivity index (χ0) is 18.8. The summed E-state index contributed by atoms with van der Waals surface area (Å²) in [5, 5.41) is 28.3. The monoisotopic (exact) mass is 358 g/mol. The van der Waals surface area contributed by atoms with Crippen LogP contribution in [-0.4, -0.2) is 34.0 Å². The number of ether oxygens (including phenoxy) is 2. The van der Waals surface area contributed by atoms with Gasteiger partial charge in [0.2, 0.25) is 5.76 Å². The molecule has 138 valence electrons. The van der Waals surface area contributed by atoms with Crippen LogP contribution in [0.2, 0.25) is 0 Å². The Balaban J connectivity index is 2.18. The average molecular weight is 358 g/mol. The molecular weight excluding hydrogens is 336 g/mol. The topological polar surface area (TPSA) is 96.2 Å². The van der Waals surface area contributed by atoms with Crippen molar-refractivity contribution in [2.75, 3.05) is 6.61 Å². The lowest BCUT2D eigenvalue weighted by atomic mass is 10.2. The molecule has 0 aliphatic heterocycles. The normalized spacial score (nSPS) is 12.8. The first-order valence-corrected chi connectivity index (χ1v) is 8.19. The Morgan fingerprint density at radius 1 is 0.885 bits per heavy atom. The molecule has 0 fully saturated rings. The summed E-state index contributed by atoms with van der Waals surface area (Å²) >= 11 is 0. The summed E-state index contributed by atoms with van der Waals surface area (Å²) in [6.45, 7) is -0.334. The molecule has 6 nitrogen and oxygen atoms in total. The number of carboxylic acids is 1. The van der Waals surface area contributed by atoms with Gasteiger partial charge >= 0.3 is 5.97 Å². The number of aliphatic hydroxyl groups is 2. The number of rotatable bonds is 10. The van der Waals surface area contributed by atoms with Crippen LogP contribution >= 0.6 is 0 Å². The number of carboxylic acid groups (broad SMARTS) is 1. The van der Waals surface area contributed by atoms with Gasteiger partial charge in [0, 0.05) is 6.42 Å². The van der Waals surface area contributed by atoms with Crippen molar-refractivity contribution in [3.8, 4) is 0 Å². The number of aliphatic hydroxyl groups excluding tert-OH is 2. The summed E-state index contributed by atoms with van der Waals surface area (Å²) in [6, 6.07) is 18.3. The van der Waals surface area contributed by atoms with E-state index in [1.165, 1.54) is 0 Å². The first-order chi connectivity index (χ1) is 12.6. The number of hydrogen-bond acceptors (Lipinski definition) is 5. The molecule has 0 saturated heterocycles. The van der Waals surface area contributed by atoms with Crippen LogP contribution in [0, 0.1) is 0 Å². The second-order valence-electron chi connectivity index (χ2n) is 5.65.